The highest BCUT2D eigenvalue weighted by Gasteiger charge is 2.39. The van der Waals surface area contributed by atoms with E-state index in [-0.39, 0.29) is 29.4 Å². The van der Waals surface area contributed by atoms with Crippen molar-refractivity contribution in [3.05, 3.63) is 47.3 Å². The van der Waals surface area contributed by atoms with Crippen molar-refractivity contribution < 1.29 is 22.8 Å². The Morgan fingerprint density at radius 1 is 1.02 bits per heavy atom. The fourth-order valence-electron chi connectivity index (χ4n) is 5.84. The van der Waals surface area contributed by atoms with Gasteiger partial charge in [0.15, 0.2) is 5.96 Å². The normalized spacial score (nSPS) is 17.0. The molecule has 248 valence electrons. The van der Waals surface area contributed by atoms with E-state index in [1.807, 2.05) is 17.0 Å². The lowest BCUT2D eigenvalue weighted by atomic mass is 9.91. The van der Waals surface area contributed by atoms with E-state index in [1.165, 1.54) is 0 Å². The van der Waals surface area contributed by atoms with Gasteiger partial charge in [-0.25, -0.2) is 9.97 Å². The van der Waals surface area contributed by atoms with E-state index in [2.05, 4.69) is 31.7 Å². The average Bonchev–Trinajstić information content (AvgIpc) is 3.54. The molecule has 2 fully saturated rings. The second-order valence-corrected chi connectivity index (χ2v) is 11.6. The number of aromatic nitrogens is 2. The molecule has 46 heavy (non-hydrogen) atoms. The van der Waals surface area contributed by atoms with Crippen LogP contribution < -0.4 is 31.9 Å². The molecule has 2 aliphatic rings. The van der Waals surface area contributed by atoms with Crippen molar-refractivity contribution in [1.29, 1.82) is 5.26 Å². The number of nitriles is 1. The number of nitrogens with two attached hydrogens (primary N) is 2. The number of benzene rings is 1. The predicted octanol–water partition coefficient (Wildman–Crippen LogP) is 2.47. The Morgan fingerprint density at radius 2 is 1.74 bits per heavy atom. The van der Waals surface area contributed by atoms with Crippen LogP contribution in [0.4, 0.5) is 24.8 Å². The van der Waals surface area contributed by atoms with E-state index in [1.54, 1.807) is 23.1 Å². The van der Waals surface area contributed by atoms with Gasteiger partial charge in [-0.3, -0.25) is 14.6 Å². The summed E-state index contributed by atoms with van der Waals surface area (Å²) in [4.78, 5) is 40.2. The van der Waals surface area contributed by atoms with Gasteiger partial charge in [-0.15, -0.1) is 0 Å². The van der Waals surface area contributed by atoms with Crippen LogP contribution in [0.25, 0.3) is 0 Å². The molecule has 4 rings (SSSR count). The standard InChI is InChI=1S/C31H41F3N10O2/c32-31(33,34)29-41-25(43-17-11-21(12-18-43)3-1-5-27(45)38-14-15-40-30(36)37)19-26(42-29)44-16-2-4-24(44)28(46)39-13-10-22-6-8-23(20-35)9-7-22/h6-9,19,21,24H,1-5,10-18H2,(H,38,45)(H,39,46)(H4,36,37,40)/t24-/m0/s1. The number of nitrogens with one attached hydrogen (secondary N) is 2. The largest absolute Gasteiger partial charge is 0.451 e. The third-order valence-electron chi connectivity index (χ3n) is 8.28. The zero-order valence-electron chi connectivity index (χ0n) is 25.7. The summed E-state index contributed by atoms with van der Waals surface area (Å²) in [5.41, 5.74) is 12.0. The van der Waals surface area contributed by atoms with Crippen LogP contribution in [0.1, 0.15) is 61.9 Å². The monoisotopic (exact) mass is 642 g/mol. The number of anilines is 2. The molecule has 0 unspecified atom stereocenters. The molecule has 6 N–H and O–H groups in total. The lowest BCUT2D eigenvalue weighted by Gasteiger charge is -2.34. The minimum atomic E-state index is -4.74. The van der Waals surface area contributed by atoms with Crippen LogP contribution in [0.2, 0.25) is 0 Å². The van der Waals surface area contributed by atoms with Gasteiger partial charge in [-0.1, -0.05) is 12.1 Å². The third-order valence-corrected chi connectivity index (χ3v) is 8.28. The number of carbonyl (C=O) groups is 2. The fraction of sp³-hybridized carbons (Fsp3) is 0.548. The second kappa shape index (κ2) is 16.1. The first-order valence-electron chi connectivity index (χ1n) is 15.6. The molecule has 12 nitrogen and oxygen atoms in total. The molecule has 15 heteroatoms. The highest BCUT2D eigenvalue weighted by atomic mass is 19.4. The first-order chi connectivity index (χ1) is 22.0. The number of carbonyl (C=O) groups excluding carboxylic acids is 2. The number of piperidine rings is 1. The van der Waals surface area contributed by atoms with Crippen molar-refractivity contribution >= 4 is 29.4 Å². The number of guanidine groups is 1. The van der Waals surface area contributed by atoms with E-state index in [0.717, 1.165) is 24.8 Å². The van der Waals surface area contributed by atoms with Gasteiger partial charge in [0.05, 0.1) is 18.2 Å². The molecule has 0 bridgehead atoms. The lowest BCUT2D eigenvalue weighted by molar-refractivity contribution is -0.144. The van der Waals surface area contributed by atoms with E-state index in [9.17, 15) is 22.8 Å². The van der Waals surface area contributed by atoms with E-state index < -0.39 is 18.0 Å². The Kier molecular flexibility index (Phi) is 12.0. The fourth-order valence-corrected chi connectivity index (χ4v) is 5.84. The molecule has 1 atom stereocenters. The molecular formula is C31H41F3N10O2. The van der Waals surface area contributed by atoms with E-state index in [4.69, 9.17) is 16.7 Å². The van der Waals surface area contributed by atoms with Crippen molar-refractivity contribution in [2.75, 3.05) is 49.1 Å². The van der Waals surface area contributed by atoms with Gasteiger partial charge in [-0.05, 0) is 68.6 Å². The van der Waals surface area contributed by atoms with Crippen LogP contribution in [0.5, 0.6) is 0 Å². The van der Waals surface area contributed by atoms with Crippen LogP contribution in [0.3, 0.4) is 0 Å². The number of rotatable bonds is 13. The van der Waals surface area contributed by atoms with Crippen molar-refractivity contribution in [2.24, 2.45) is 22.4 Å². The second-order valence-electron chi connectivity index (χ2n) is 11.6. The van der Waals surface area contributed by atoms with E-state index in [0.29, 0.717) is 82.9 Å². The first kappa shape index (κ1) is 34.3. The van der Waals surface area contributed by atoms with Crippen LogP contribution in [0.15, 0.2) is 35.3 Å². The molecule has 1 aromatic carbocycles. The molecule has 0 saturated carbocycles. The number of halogens is 3. The van der Waals surface area contributed by atoms with Crippen molar-refractivity contribution in [3.63, 3.8) is 0 Å². The maximum absolute atomic E-state index is 13.9. The first-order valence-corrected chi connectivity index (χ1v) is 15.6. The van der Waals surface area contributed by atoms with Crippen LogP contribution in [-0.4, -0.2) is 73.1 Å². The summed E-state index contributed by atoms with van der Waals surface area (Å²) >= 11 is 0. The molecule has 2 aromatic rings. The molecule has 0 spiro atoms. The van der Waals surface area contributed by atoms with E-state index >= 15 is 0 Å². The number of amides is 2. The van der Waals surface area contributed by atoms with Gasteiger partial charge in [0.25, 0.3) is 0 Å². The van der Waals surface area contributed by atoms with Crippen LogP contribution in [0, 0.1) is 17.2 Å². The van der Waals surface area contributed by atoms with Gasteiger partial charge in [0.1, 0.15) is 17.7 Å². The topological polar surface area (TPSA) is 179 Å². The van der Waals surface area contributed by atoms with Gasteiger partial charge in [0.2, 0.25) is 17.6 Å². The molecule has 1 aromatic heterocycles. The SMILES string of the molecule is N#Cc1ccc(CCNC(=O)[C@@H]2CCCN2c2cc(N3CCC(CCCC(=O)NCCN=C(N)N)CC3)nc(C(F)(F)F)n2)cc1. The highest BCUT2D eigenvalue weighted by molar-refractivity contribution is 5.85. The summed E-state index contributed by atoms with van der Waals surface area (Å²) in [7, 11) is 0. The molecule has 2 saturated heterocycles. The van der Waals surface area contributed by atoms with Gasteiger partial charge in [0, 0.05) is 45.2 Å². The van der Waals surface area contributed by atoms with Crippen molar-refractivity contribution in [3.8, 4) is 6.07 Å². The van der Waals surface area contributed by atoms with Gasteiger partial charge in [-0.2, -0.15) is 18.4 Å². The zero-order chi connectivity index (χ0) is 33.1. The molecule has 2 amide bonds. The Morgan fingerprint density at radius 3 is 2.41 bits per heavy atom. The Bertz CT molecular complexity index is 1400. The third kappa shape index (κ3) is 9.95. The average molecular weight is 643 g/mol. The molecular weight excluding hydrogens is 601 g/mol. The zero-order valence-corrected chi connectivity index (χ0v) is 25.7. The Balaban J connectivity index is 1.32. The predicted molar refractivity (Wildman–Crippen MR) is 168 cm³/mol. The number of aliphatic imine (C=N–C) groups is 1. The summed E-state index contributed by atoms with van der Waals surface area (Å²) in [5, 5.41) is 14.6. The Labute approximate surface area is 266 Å². The number of hydrogen-bond acceptors (Lipinski definition) is 8. The highest BCUT2D eigenvalue weighted by Crippen LogP contribution is 2.34. The number of hydrogen-bond donors (Lipinski definition) is 4. The molecule has 3 heterocycles. The van der Waals surface area contributed by atoms with Crippen molar-refractivity contribution in [2.45, 2.75) is 63.6 Å². The minimum Gasteiger partial charge on any atom is -0.370 e. The lowest BCUT2D eigenvalue weighted by Crippen LogP contribution is -2.44. The molecule has 0 aliphatic carbocycles. The van der Waals surface area contributed by atoms with Crippen LogP contribution >= 0.6 is 0 Å². The Hall–Kier alpha value is -4.61. The summed E-state index contributed by atoms with van der Waals surface area (Å²) in [6.07, 6.45) is 0.425. The van der Waals surface area contributed by atoms with Crippen LogP contribution in [-0.2, 0) is 22.2 Å². The maximum atomic E-state index is 13.9. The van der Waals surface area contributed by atoms with Gasteiger partial charge < -0.3 is 31.9 Å². The van der Waals surface area contributed by atoms with Gasteiger partial charge >= 0.3 is 6.18 Å². The molecule has 2 aliphatic heterocycles. The number of alkyl halides is 3. The summed E-state index contributed by atoms with van der Waals surface area (Å²) in [6.45, 7) is 2.51. The molecule has 0 radical (unpaired) electrons. The smallest absolute Gasteiger partial charge is 0.370 e. The quantitative estimate of drug-likeness (QED) is 0.145. The summed E-state index contributed by atoms with van der Waals surface area (Å²) in [6, 6.07) is 10.1. The number of nitrogens with zero attached hydrogens (tertiary/aromatic N) is 6. The minimum absolute atomic E-state index is 0.0236. The summed E-state index contributed by atoms with van der Waals surface area (Å²) in [5.74, 6) is -0.938. The maximum Gasteiger partial charge on any atom is 0.451 e. The summed E-state index contributed by atoms with van der Waals surface area (Å²) < 4.78 is 41.8. The van der Waals surface area contributed by atoms with Crippen molar-refractivity contribution in [1.82, 2.24) is 20.6 Å².